The van der Waals surface area contributed by atoms with E-state index in [1.807, 2.05) is 18.2 Å². The van der Waals surface area contributed by atoms with E-state index in [2.05, 4.69) is 10.6 Å². The van der Waals surface area contributed by atoms with Crippen molar-refractivity contribution in [3.8, 4) is 0 Å². The van der Waals surface area contributed by atoms with Gasteiger partial charge in [-0.3, -0.25) is 9.59 Å². The van der Waals surface area contributed by atoms with E-state index in [0.29, 0.717) is 5.02 Å². The Bertz CT molecular complexity index is 530. The van der Waals surface area contributed by atoms with Crippen LogP contribution in [0.2, 0.25) is 5.02 Å². The van der Waals surface area contributed by atoms with Crippen molar-refractivity contribution >= 4 is 23.4 Å². The van der Waals surface area contributed by atoms with Crippen molar-refractivity contribution in [3.63, 3.8) is 0 Å². The first-order chi connectivity index (χ1) is 10.6. The average molecular weight is 325 g/mol. The summed E-state index contributed by atoms with van der Waals surface area (Å²) in [5.74, 6) is -1.22. The van der Waals surface area contributed by atoms with Gasteiger partial charge in [0.1, 0.15) is 6.10 Å². The molecule has 1 saturated carbocycles. The Kier molecular flexibility index (Phi) is 6.21. The van der Waals surface area contributed by atoms with Gasteiger partial charge in [-0.25, -0.2) is 0 Å². The Hall–Kier alpha value is -1.59. The third-order valence-corrected chi connectivity index (χ3v) is 4.23. The van der Waals surface area contributed by atoms with Gasteiger partial charge in [0.25, 0.3) is 0 Å². The maximum absolute atomic E-state index is 11.9. The summed E-state index contributed by atoms with van der Waals surface area (Å²) in [5.41, 5.74) is 0.781. The number of amides is 2. The summed E-state index contributed by atoms with van der Waals surface area (Å²) in [7, 11) is 1.54. The molecule has 1 atom stereocenters. The van der Waals surface area contributed by atoms with E-state index in [0.717, 1.165) is 31.2 Å². The van der Waals surface area contributed by atoms with Crippen LogP contribution in [0.25, 0.3) is 0 Å². The number of halogens is 1. The number of methoxy groups -OCH3 is 1. The van der Waals surface area contributed by atoms with Crippen LogP contribution < -0.4 is 10.6 Å². The first-order valence-electron chi connectivity index (χ1n) is 7.47. The van der Waals surface area contributed by atoms with Crippen LogP contribution in [0.4, 0.5) is 0 Å². The molecule has 0 aliphatic heterocycles. The van der Waals surface area contributed by atoms with Gasteiger partial charge in [-0.05, 0) is 18.9 Å². The molecule has 0 radical (unpaired) electrons. The molecule has 1 aromatic rings. The molecular weight excluding hydrogens is 304 g/mol. The zero-order chi connectivity index (χ0) is 15.9. The number of benzene rings is 1. The molecule has 2 rings (SSSR count). The fourth-order valence-electron chi connectivity index (χ4n) is 2.64. The predicted molar refractivity (Wildman–Crippen MR) is 84.6 cm³/mol. The summed E-state index contributed by atoms with van der Waals surface area (Å²) in [4.78, 5) is 23.7. The minimum atomic E-state index is -0.638. The van der Waals surface area contributed by atoms with Crippen LogP contribution in [0.5, 0.6) is 0 Å². The Morgan fingerprint density at radius 1 is 1.27 bits per heavy atom. The molecule has 2 N–H and O–H groups in total. The highest BCUT2D eigenvalue weighted by Gasteiger charge is 2.22. The lowest BCUT2D eigenvalue weighted by atomic mass is 10.1. The molecule has 1 aliphatic rings. The molecule has 2 amide bonds. The van der Waals surface area contributed by atoms with Crippen LogP contribution >= 0.6 is 11.6 Å². The average Bonchev–Trinajstić information content (AvgIpc) is 3.02. The fourth-order valence-corrected chi connectivity index (χ4v) is 2.90. The number of carbonyl (C=O) groups excluding carboxylic acids is 2. The highest BCUT2D eigenvalue weighted by molar-refractivity contribution is 6.35. The van der Waals surface area contributed by atoms with Crippen molar-refractivity contribution in [2.45, 2.75) is 37.8 Å². The van der Waals surface area contributed by atoms with E-state index in [1.165, 1.54) is 0 Å². The largest absolute Gasteiger partial charge is 0.375 e. The van der Waals surface area contributed by atoms with Crippen molar-refractivity contribution in [2.24, 2.45) is 0 Å². The standard InChI is InChI=1S/C16H21ClN2O3/c1-22-14(12-8-4-5-9-13(12)17)10-18-15(20)16(21)19-11-6-2-3-7-11/h4-5,8-9,11,14H,2-3,6-7,10H2,1H3,(H,18,20)(H,19,21). The Morgan fingerprint density at radius 2 is 1.95 bits per heavy atom. The Balaban J connectivity index is 1.85. The van der Waals surface area contributed by atoms with Gasteiger partial charge >= 0.3 is 11.8 Å². The summed E-state index contributed by atoms with van der Waals surface area (Å²) in [6, 6.07) is 7.40. The first-order valence-corrected chi connectivity index (χ1v) is 7.85. The van der Waals surface area contributed by atoms with Crippen LogP contribution in [-0.4, -0.2) is 31.5 Å². The van der Waals surface area contributed by atoms with Crippen molar-refractivity contribution in [1.29, 1.82) is 0 Å². The number of nitrogens with one attached hydrogen (secondary N) is 2. The quantitative estimate of drug-likeness (QED) is 0.816. The summed E-state index contributed by atoms with van der Waals surface area (Å²) in [5, 5.41) is 5.92. The third-order valence-electron chi connectivity index (χ3n) is 3.88. The summed E-state index contributed by atoms with van der Waals surface area (Å²) in [6.45, 7) is 0.192. The molecule has 0 aromatic heterocycles. The maximum atomic E-state index is 11.9. The van der Waals surface area contributed by atoms with Crippen molar-refractivity contribution < 1.29 is 14.3 Å². The van der Waals surface area contributed by atoms with Gasteiger partial charge in [-0.2, -0.15) is 0 Å². The zero-order valence-electron chi connectivity index (χ0n) is 12.6. The molecular formula is C16H21ClN2O3. The predicted octanol–water partition coefficient (Wildman–Crippen LogP) is 2.20. The van der Waals surface area contributed by atoms with Gasteiger partial charge in [0.05, 0.1) is 0 Å². The molecule has 0 spiro atoms. The number of carbonyl (C=O) groups is 2. The molecule has 0 saturated heterocycles. The van der Waals surface area contributed by atoms with Crippen molar-refractivity contribution in [2.75, 3.05) is 13.7 Å². The summed E-state index contributed by atoms with van der Waals surface area (Å²) in [6.07, 6.45) is 3.70. The van der Waals surface area contributed by atoms with E-state index in [4.69, 9.17) is 16.3 Å². The summed E-state index contributed by atoms with van der Waals surface area (Å²) >= 11 is 6.12. The number of hydrogen-bond donors (Lipinski definition) is 2. The van der Waals surface area contributed by atoms with E-state index >= 15 is 0 Å². The number of rotatable bonds is 5. The minimum Gasteiger partial charge on any atom is -0.375 e. The molecule has 0 heterocycles. The normalized spacial score (nSPS) is 16.3. The molecule has 5 nitrogen and oxygen atoms in total. The lowest BCUT2D eigenvalue weighted by Crippen LogP contribution is -2.44. The lowest BCUT2D eigenvalue weighted by molar-refractivity contribution is -0.139. The highest BCUT2D eigenvalue weighted by atomic mass is 35.5. The maximum Gasteiger partial charge on any atom is 0.309 e. The van der Waals surface area contributed by atoms with Gasteiger partial charge in [0, 0.05) is 30.3 Å². The minimum absolute atomic E-state index is 0.125. The van der Waals surface area contributed by atoms with Crippen LogP contribution in [-0.2, 0) is 14.3 Å². The zero-order valence-corrected chi connectivity index (χ0v) is 13.4. The van der Waals surface area contributed by atoms with Crippen LogP contribution in [0, 0.1) is 0 Å². The van der Waals surface area contributed by atoms with Gasteiger partial charge < -0.3 is 15.4 Å². The molecule has 1 aromatic carbocycles. The smallest absolute Gasteiger partial charge is 0.309 e. The second kappa shape index (κ2) is 8.15. The second-order valence-corrected chi connectivity index (χ2v) is 5.82. The first kappa shape index (κ1) is 16.8. The van der Waals surface area contributed by atoms with E-state index < -0.39 is 17.9 Å². The van der Waals surface area contributed by atoms with Crippen molar-refractivity contribution in [1.82, 2.24) is 10.6 Å². The topological polar surface area (TPSA) is 67.4 Å². The van der Waals surface area contributed by atoms with Gasteiger partial charge in [0.2, 0.25) is 0 Å². The van der Waals surface area contributed by atoms with Crippen LogP contribution in [0.3, 0.4) is 0 Å². The SMILES string of the molecule is COC(CNC(=O)C(=O)NC1CCCC1)c1ccccc1Cl. The monoisotopic (exact) mass is 324 g/mol. The lowest BCUT2D eigenvalue weighted by Gasteiger charge is -2.18. The molecule has 0 bridgehead atoms. The Morgan fingerprint density at radius 3 is 2.59 bits per heavy atom. The summed E-state index contributed by atoms with van der Waals surface area (Å²) < 4.78 is 5.35. The second-order valence-electron chi connectivity index (χ2n) is 5.41. The van der Waals surface area contributed by atoms with E-state index in [1.54, 1.807) is 13.2 Å². The third kappa shape index (κ3) is 4.45. The number of hydrogen-bond acceptors (Lipinski definition) is 3. The van der Waals surface area contributed by atoms with Gasteiger partial charge in [-0.1, -0.05) is 42.6 Å². The van der Waals surface area contributed by atoms with Gasteiger partial charge in [-0.15, -0.1) is 0 Å². The van der Waals surface area contributed by atoms with E-state index in [9.17, 15) is 9.59 Å². The number of ether oxygens (including phenoxy) is 1. The van der Waals surface area contributed by atoms with E-state index in [-0.39, 0.29) is 12.6 Å². The molecule has 1 unspecified atom stereocenters. The molecule has 6 heteroatoms. The van der Waals surface area contributed by atoms with Crippen molar-refractivity contribution in [3.05, 3.63) is 34.9 Å². The molecule has 1 fully saturated rings. The molecule has 120 valence electrons. The molecule has 1 aliphatic carbocycles. The Labute approximate surface area is 135 Å². The van der Waals surface area contributed by atoms with Gasteiger partial charge in [0.15, 0.2) is 0 Å². The fraction of sp³-hybridized carbons (Fsp3) is 0.500. The van der Waals surface area contributed by atoms with Crippen LogP contribution in [0.15, 0.2) is 24.3 Å². The molecule has 22 heavy (non-hydrogen) atoms. The highest BCUT2D eigenvalue weighted by Crippen LogP contribution is 2.24. The van der Waals surface area contributed by atoms with Crippen LogP contribution in [0.1, 0.15) is 37.4 Å².